The Morgan fingerprint density at radius 2 is 2.21 bits per heavy atom. The molecule has 6 nitrogen and oxygen atoms in total. The van der Waals surface area contributed by atoms with Crippen molar-refractivity contribution < 1.29 is 14.3 Å². The average molecular weight is 398 g/mol. The maximum absolute atomic E-state index is 12.7. The number of fused-ring (bicyclic) bond motifs is 1. The lowest BCUT2D eigenvalue weighted by Gasteiger charge is -2.13. The molecule has 0 bridgehead atoms. The molecule has 4 rings (SSSR count). The van der Waals surface area contributed by atoms with Crippen molar-refractivity contribution in [1.29, 1.82) is 0 Å². The highest BCUT2D eigenvalue weighted by molar-refractivity contribution is 6.30. The van der Waals surface area contributed by atoms with Crippen LogP contribution in [0.5, 0.6) is 11.5 Å². The van der Waals surface area contributed by atoms with Gasteiger partial charge in [0.05, 0.1) is 18.0 Å². The summed E-state index contributed by atoms with van der Waals surface area (Å²) >= 11 is 6.03. The van der Waals surface area contributed by atoms with Crippen molar-refractivity contribution in [2.45, 2.75) is 26.4 Å². The van der Waals surface area contributed by atoms with Gasteiger partial charge in [0.15, 0.2) is 5.69 Å². The van der Waals surface area contributed by atoms with Gasteiger partial charge in [0.25, 0.3) is 5.91 Å². The van der Waals surface area contributed by atoms with E-state index >= 15 is 0 Å². The summed E-state index contributed by atoms with van der Waals surface area (Å²) in [7, 11) is 0. The Hall–Kier alpha value is -2.99. The van der Waals surface area contributed by atoms with Gasteiger partial charge < -0.3 is 14.8 Å². The van der Waals surface area contributed by atoms with Crippen LogP contribution in [0.15, 0.2) is 48.7 Å². The Kier molecular flexibility index (Phi) is 4.96. The second kappa shape index (κ2) is 7.56. The number of amides is 1. The Bertz CT molecular complexity index is 1030. The Morgan fingerprint density at radius 3 is 3.00 bits per heavy atom. The fraction of sp³-hybridized carbons (Fsp3) is 0.238. The SMILES string of the molecule is CCOc1cc2c(cc1NC(=O)c1ccn(-c3cccc(Cl)c3)n1)O[C@H](C)C2. The third-order valence-corrected chi connectivity index (χ3v) is 4.68. The molecule has 2 aromatic carbocycles. The van der Waals surface area contributed by atoms with Crippen molar-refractivity contribution >= 4 is 23.2 Å². The molecule has 0 saturated heterocycles. The summed E-state index contributed by atoms with van der Waals surface area (Å²) in [5.41, 5.74) is 2.72. The minimum absolute atomic E-state index is 0.115. The molecule has 2 heterocycles. The molecule has 7 heteroatoms. The molecule has 1 aliphatic heterocycles. The molecule has 0 radical (unpaired) electrons. The van der Waals surface area contributed by atoms with Crippen molar-refractivity contribution in [1.82, 2.24) is 9.78 Å². The van der Waals surface area contributed by atoms with Gasteiger partial charge in [-0.15, -0.1) is 0 Å². The number of anilines is 1. The molecular weight excluding hydrogens is 378 g/mol. The topological polar surface area (TPSA) is 65.4 Å². The maximum Gasteiger partial charge on any atom is 0.276 e. The van der Waals surface area contributed by atoms with E-state index in [4.69, 9.17) is 21.1 Å². The summed E-state index contributed by atoms with van der Waals surface area (Å²) in [6.07, 6.45) is 2.66. The van der Waals surface area contributed by atoms with E-state index in [9.17, 15) is 4.79 Å². The van der Waals surface area contributed by atoms with Crippen molar-refractivity contribution in [3.63, 3.8) is 0 Å². The van der Waals surface area contributed by atoms with E-state index in [0.29, 0.717) is 23.1 Å². The van der Waals surface area contributed by atoms with E-state index in [2.05, 4.69) is 10.4 Å². The molecule has 1 N–H and O–H groups in total. The summed E-state index contributed by atoms with van der Waals surface area (Å²) in [5, 5.41) is 7.84. The van der Waals surface area contributed by atoms with Crippen molar-refractivity contribution in [2.75, 3.05) is 11.9 Å². The smallest absolute Gasteiger partial charge is 0.276 e. The standard InChI is InChI=1S/C21H20ClN3O3/c1-3-27-20-10-14-9-13(2)28-19(14)12-18(20)23-21(26)17-7-8-25(24-17)16-6-4-5-15(22)11-16/h4-8,10-13H,3,9H2,1-2H3,(H,23,26)/t13-/m1/s1. The number of nitrogens with one attached hydrogen (secondary N) is 1. The summed E-state index contributed by atoms with van der Waals surface area (Å²) in [4.78, 5) is 12.7. The zero-order valence-corrected chi connectivity index (χ0v) is 16.4. The molecule has 1 amide bonds. The van der Waals surface area contributed by atoms with Gasteiger partial charge in [-0.05, 0) is 44.2 Å². The van der Waals surface area contributed by atoms with E-state index in [1.54, 1.807) is 29.1 Å². The lowest BCUT2D eigenvalue weighted by atomic mass is 10.1. The molecule has 1 atom stereocenters. The fourth-order valence-electron chi connectivity index (χ4n) is 3.21. The first-order chi connectivity index (χ1) is 13.5. The number of rotatable bonds is 5. The molecule has 0 unspecified atom stereocenters. The minimum atomic E-state index is -0.326. The molecule has 0 saturated carbocycles. The zero-order valence-electron chi connectivity index (χ0n) is 15.6. The van der Waals surface area contributed by atoms with Gasteiger partial charge in [-0.1, -0.05) is 17.7 Å². The van der Waals surface area contributed by atoms with Crippen LogP contribution in [0.25, 0.3) is 5.69 Å². The summed E-state index contributed by atoms with van der Waals surface area (Å²) < 4.78 is 13.1. The minimum Gasteiger partial charge on any atom is -0.492 e. The summed E-state index contributed by atoms with van der Waals surface area (Å²) in [6.45, 7) is 4.42. The van der Waals surface area contributed by atoms with Gasteiger partial charge >= 0.3 is 0 Å². The molecule has 144 valence electrons. The number of aromatic nitrogens is 2. The second-order valence-corrected chi connectivity index (χ2v) is 7.04. The predicted octanol–water partition coefficient (Wildman–Crippen LogP) is 4.50. The summed E-state index contributed by atoms with van der Waals surface area (Å²) in [6, 6.07) is 12.7. The third kappa shape index (κ3) is 3.68. The highest BCUT2D eigenvalue weighted by atomic mass is 35.5. The maximum atomic E-state index is 12.7. The third-order valence-electron chi connectivity index (χ3n) is 4.44. The Labute approximate surface area is 168 Å². The molecule has 1 aromatic heterocycles. The Morgan fingerprint density at radius 1 is 1.36 bits per heavy atom. The molecule has 1 aliphatic rings. The fourth-order valence-corrected chi connectivity index (χ4v) is 3.39. The van der Waals surface area contributed by atoms with Gasteiger partial charge in [-0.2, -0.15) is 5.10 Å². The highest BCUT2D eigenvalue weighted by Crippen LogP contribution is 2.38. The van der Waals surface area contributed by atoms with Crippen LogP contribution in [0.2, 0.25) is 5.02 Å². The van der Waals surface area contributed by atoms with E-state index in [-0.39, 0.29) is 17.7 Å². The lowest BCUT2D eigenvalue weighted by Crippen LogP contribution is -2.14. The van der Waals surface area contributed by atoms with Crippen molar-refractivity contribution in [3.05, 3.63) is 64.9 Å². The first-order valence-electron chi connectivity index (χ1n) is 9.13. The van der Waals surface area contributed by atoms with Crippen molar-refractivity contribution in [2.24, 2.45) is 0 Å². The van der Waals surface area contributed by atoms with E-state index in [1.807, 2.05) is 38.1 Å². The molecule has 0 fully saturated rings. The number of carbonyl (C=O) groups excluding carboxylic acids is 1. The van der Waals surface area contributed by atoms with Crippen LogP contribution >= 0.6 is 11.6 Å². The first kappa shape index (κ1) is 18.4. The van der Waals surface area contributed by atoms with Gasteiger partial charge in [0.2, 0.25) is 0 Å². The Balaban J connectivity index is 1.58. The van der Waals surface area contributed by atoms with Gasteiger partial charge in [0, 0.05) is 29.3 Å². The van der Waals surface area contributed by atoms with Crippen LogP contribution in [-0.4, -0.2) is 28.4 Å². The number of benzene rings is 2. The van der Waals surface area contributed by atoms with Crippen molar-refractivity contribution in [3.8, 4) is 17.2 Å². The predicted molar refractivity (Wildman–Crippen MR) is 108 cm³/mol. The van der Waals surface area contributed by atoms with E-state index in [0.717, 1.165) is 23.4 Å². The molecule has 28 heavy (non-hydrogen) atoms. The monoisotopic (exact) mass is 397 g/mol. The number of halogens is 1. The molecule has 0 spiro atoms. The first-order valence-corrected chi connectivity index (χ1v) is 9.50. The number of hydrogen-bond acceptors (Lipinski definition) is 4. The van der Waals surface area contributed by atoms with Gasteiger partial charge in [-0.3, -0.25) is 4.79 Å². The quantitative estimate of drug-likeness (QED) is 0.688. The van der Waals surface area contributed by atoms with Gasteiger partial charge in [-0.25, -0.2) is 4.68 Å². The zero-order chi connectivity index (χ0) is 19.7. The van der Waals surface area contributed by atoms with Crippen LogP contribution in [0.1, 0.15) is 29.9 Å². The number of carbonyl (C=O) groups is 1. The summed E-state index contributed by atoms with van der Waals surface area (Å²) in [5.74, 6) is 1.07. The largest absolute Gasteiger partial charge is 0.492 e. The number of hydrogen-bond donors (Lipinski definition) is 1. The van der Waals surface area contributed by atoms with Crippen LogP contribution in [-0.2, 0) is 6.42 Å². The normalized spacial score (nSPS) is 15.0. The van der Waals surface area contributed by atoms with Crippen LogP contribution in [0.3, 0.4) is 0 Å². The van der Waals surface area contributed by atoms with E-state index in [1.165, 1.54) is 0 Å². The number of nitrogens with zero attached hydrogens (tertiary/aromatic N) is 2. The average Bonchev–Trinajstić information content (AvgIpc) is 3.28. The van der Waals surface area contributed by atoms with Crippen LogP contribution in [0, 0.1) is 0 Å². The molecule has 0 aliphatic carbocycles. The van der Waals surface area contributed by atoms with Crippen LogP contribution < -0.4 is 14.8 Å². The number of ether oxygens (including phenoxy) is 2. The lowest BCUT2D eigenvalue weighted by molar-refractivity contribution is 0.102. The highest BCUT2D eigenvalue weighted by Gasteiger charge is 2.23. The molecular formula is C21H20ClN3O3. The van der Waals surface area contributed by atoms with E-state index < -0.39 is 0 Å². The van der Waals surface area contributed by atoms with Crippen LogP contribution in [0.4, 0.5) is 5.69 Å². The molecule has 3 aromatic rings. The second-order valence-electron chi connectivity index (χ2n) is 6.60. The van der Waals surface area contributed by atoms with Gasteiger partial charge in [0.1, 0.15) is 17.6 Å².